The highest BCUT2D eigenvalue weighted by atomic mass is 35.5. The Morgan fingerprint density at radius 3 is 2.70 bits per heavy atom. The van der Waals surface area contributed by atoms with Crippen molar-refractivity contribution in [1.29, 1.82) is 0 Å². The molecule has 1 aromatic carbocycles. The van der Waals surface area contributed by atoms with Crippen LogP contribution in [0.1, 0.15) is 13.3 Å². The third-order valence-electron chi connectivity index (χ3n) is 3.25. The predicted octanol–water partition coefficient (Wildman–Crippen LogP) is 1.84. The molecule has 0 bridgehead atoms. The summed E-state index contributed by atoms with van der Waals surface area (Å²) in [6.07, 6.45) is 0.651. The molecule has 1 aliphatic rings. The number of carbonyl (C=O) groups is 1. The second-order valence-electron chi connectivity index (χ2n) is 4.95. The maximum Gasteiger partial charge on any atom is 0.246 e. The van der Waals surface area contributed by atoms with Crippen LogP contribution >= 0.6 is 24.0 Å². The zero-order valence-electron chi connectivity index (χ0n) is 12.4. The van der Waals surface area contributed by atoms with Gasteiger partial charge in [0.2, 0.25) is 15.9 Å². The second kappa shape index (κ2) is 8.25. The van der Waals surface area contributed by atoms with Gasteiger partial charge in [0.1, 0.15) is 10.7 Å². The Balaban J connectivity index is 0.00000264. The molecule has 23 heavy (non-hydrogen) atoms. The maximum atomic E-state index is 14.2. The quantitative estimate of drug-likeness (QED) is 0.831. The van der Waals surface area contributed by atoms with E-state index >= 15 is 0 Å². The highest BCUT2D eigenvalue weighted by Gasteiger charge is 2.29. The van der Waals surface area contributed by atoms with Crippen LogP contribution in [-0.2, 0) is 14.8 Å². The van der Waals surface area contributed by atoms with Gasteiger partial charge in [-0.25, -0.2) is 12.8 Å². The smallest absolute Gasteiger partial charge is 0.246 e. The topological polar surface area (TPSA) is 78.5 Å². The van der Waals surface area contributed by atoms with Gasteiger partial charge in [-0.2, -0.15) is 4.31 Å². The van der Waals surface area contributed by atoms with Crippen LogP contribution in [0.3, 0.4) is 0 Å². The summed E-state index contributed by atoms with van der Waals surface area (Å²) in [4.78, 5) is 10.5. The van der Waals surface area contributed by atoms with E-state index in [0.717, 1.165) is 18.7 Å². The van der Waals surface area contributed by atoms with Crippen molar-refractivity contribution in [2.24, 2.45) is 0 Å². The Kier molecular flexibility index (Phi) is 7.22. The van der Waals surface area contributed by atoms with Gasteiger partial charge in [0, 0.05) is 32.6 Å². The van der Waals surface area contributed by atoms with Gasteiger partial charge in [-0.3, -0.25) is 4.79 Å². The lowest BCUT2D eigenvalue weighted by molar-refractivity contribution is -0.114. The van der Waals surface area contributed by atoms with Gasteiger partial charge in [-0.1, -0.05) is 11.6 Å². The van der Waals surface area contributed by atoms with E-state index in [1.165, 1.54) is 11.2 Å². The van der Waals surface area contributed by atoms with E-state index < -0.39 is 26.6 Å². The van der Waals surface area contributed by atoms with Crippen LogP contribution in [0.15, 0.2) is 17.0 Å². The molecule has 0 aliphatic carbocycles. The van der Waals surface area contributed by atoms with Crippen molar-refractivity contribution >= 4 is 45.6 Å². The van der Waals surface area contributed by atoms with Crippen molar-refractivity contribution in [3.05, 3.63) is 23.0 Å². The van der Waals surface area contributed by atoms with Gasteiger partial charge >= 0.3 is 0 Å². The standard InChI is InChI=1S/C13H17ClFN3O3S.ClH/c1-9(19)17-12-8-11(15)13(7-10(12)14)22(20,21)18-5-2-3-16-4-6-18;/h7-8,16H,2-6H2,1H3,(H,17,19);1H. The van der Waals surface area contributed by atoms with Gasteiger partial charge in [-0.05, 0) is 19.0 Å². The zero-order chi connectivity index (χ0) is 16.3. The minimum atomic E-state index is -3.96. The lowest BCUT2D eigenvalue weighted by Gasteiger charge is -2.20. The summed E-state index contributed by atoms with van der Waals surface area (Å²) in [7, 11) is -3.96. The number of sulfonamides is 1. The molecule has 0 aromatic heterocycles. The Morgan fingerprint density at radius 2 is 2.04 bits per heavy atom. The number of hydrogen-bond acceptors (Lipinski definition) is 4. The van der Waals surface area contributed by atoms with E-state index in [2.05, 4.69) is 10.6 Å². The monoisotopic (exact) mass is 385 g/mol. The van der Waals surface area contributed by atoms with Gasteiger partial charge < -0.3 is 10.6 Å². The molecule has 1 heterocycles. The van der Waals surface area contributed by atoms with Crippen molar-refractivity contribution < 1.29 is 17.6 Å². The summed E-state index contributed by atoms with van der Waals surface area (Å²) in [5.41, 5.74) is 0.0446. The summed E-state index contributed by atoms with van der Waals surface area (Å²) in [5.74, 6) is -1.36. The normalized spacial score (nSPS) is 16.3. The Labute approximate surface area is 145 Å². The Bertz CT molecular complexity index is 677. The highest BCUT2D eigenvalue weighted by Crippen LogP contribution is 2.30. The lowest BCUT2D eigenvalue weighted by atomic mass is 10.3. The van der Waals surface area contributed by atoms with Gasteiger partial charge in [0.25, 0.3) is 0 Å². The van der Waals surface area contributed by atoms with E-state index in [1.54, 1.807) is 0 Å². The van der Waals surface area contributed by atoms with Crippen LogP contribution in [0.25, 0.3) is 0 Å². The molecule has 130 valence electrons. The summed E-state index contributed by atoms with van der Waals surface area (Å²) in [5, 5.41) is 5.41. The molecule has 1 aromatic rings. The first-order valence-corrected chi connectivity index (χ1v) is 8.61. The Morgan fingerprint density at radius 1 is 1.35 bits per heavy atom. The highest BCUT2D eigenvalue weighted by molar-refractivity contribution is 7.89. The average molecular weight is 386 g/mol. The number of rotatable bonds is 3. The van der Waals surface area contributed by atoms with Crippen molar-refractivity contribution in [2.75, 3.05) is 31.5 Å². The van der Waals surface area contributed by atoms with E-state index in [1.807, 2.05) is 0 Å². The van der Waals surface area contributed by atoms with E-state index in [9.17, 15) is 17.6 Å². The third-order valence-corrected chi connectivity index (χ3v) is 5.48. The molecule has 1 aliphatic heterocycles. The number of carbonyl (C=O) groups excluding carboxylic acids is 1. The number of benzene rings is 1. The van der Waals surface area contributed by atoms with Crippen molar-refractivity contribution in [2.45, 2.75) is 18.2 Å². The Hall–Kier alpha value is -0.930. The number of hydrogen-bond donors (Lipinski definition) is 2. The molecule has 1 fully saturated rings. The van der Waals surface area contributed by atoms with Gasteiger partial charge in [-0.15, -0.1) is 12.4 Å². The molecule has 2 rings (SSSR count). The fraction of sp³-hybridized carbons (Fsp3) is 0.462. The molecule has 0 saturated carbocycles. The number of halogens is 3. The minimum absolute atomic E-state index is 0. The van der Waals surface area contributed by atoms with Crippen molar-refractivity contribution in [3.63, 3.8) is 0 Å². The fourth-order valence-corrected chi connectivity index (χ4v) is 4.04. The van der Waals surface area contributed by atoms with Crippen molar-refractivity contribution in [1.82, 2.24) is 9.62 Å². The SMILES string of the molecule is CC(=O)Nc1cc(F)c(S(=O)(=O)N2CCCNCC2)cc1Cl.Cl. The molecular weight excluding hydrogens is 368 g/mol. The zero-order valence-corrected chi connectivity index (χ0v) is 14.8. The molecule has 1 saturated heterocycles. The summed E-state index contributed by atoms with van der Waals surface area (Å²) in [6.45, 7) is 3.07. The average Bonchev–Trinajstić information content (AvgIpc) is 2.71. The fourth-order valence-electron chi connectivity index (χ4n) is 2.21. The predicted molar refractivity (Wildman–Crippen MR) is 89.2 cm³/mol. The number of anilines is 1. The number of amides is 1. The molecular formula is C13H18Cl2FN3O3S. The maximum absolute atomic E-state index is 14.2. The van der Waals surface area contributed by atoms with Crippen LogP contribution in [-0.4, -0.2) is 44.8 Å². The first-order valence-electron chi connectivity index (χ1n) is 6.80. The van der Waals surface area contributed by atoms with Crippen molar-refractivity contribution in [3.8, 4) is 0 Å². The first-order chi connectivity index (χ1) is 10.3. The van der Waals surface area contributed by atoms with E-state index in [0.29, 0.717) is 19.5 Å². The third kappa shape index (κ3) is 4.77. The molecule has 0 radical (unpaired) electrons. The second-order valence-corrected chi connectivity index (χ2v) is 7.26. The molecule has 0 spiro atoms. The molecule has 10 heteroatoms. The number of nitrogens with one attached hydrogen (secondary N) is 2. The van der Waals surface area contributed by atoms with Gasteiger partial charge in [0.15, 0.2) is 0 Å². The van der Waals surface area contributed by atoms with Crippen LogP contribution in [0.5, 0.6) is 0 Å². The van der Waals surface area contributed by atoms with Crippen LogP contribution in [0.4, 0.5) is 10.1 Å². The van der Waals surface area contributed by atoms with Crippen LogP contribution < -0.4 is 10.6 Å². The lowest BCUT2D eigenvalue weighted by Crippen LogP contribution is -2.34. The molecule has 0 unspecified atom stereocenters. The molecule has 2 N–H and O–H groups in total. The van der Waals surface area contributed by atoms with Gasteiger partial charge in [0.05, 0.1) is 10.7 Å². The van der Waals surface area contributed by atoms with E-state index in [-0.39, 0.29) is 29.7 Å². The summed E-state index contributed by atoms with van der Waals surface area (Å²) in [6, 6.07) is 1.96. The minimum Gasteiger partial charge on any atom is -0.325 e. The molecule has 0 atom stereocenters. The molecule has 6 nitrogen and oxygen atoms in total. The van der Waals surface area contributed by atoms with Crippen LogP contribution in [0, 0.1) is 5.82 Å². The largest absolute Gasteiger partial charge is 0.325 e. The summed E-state index contributed by atoms with van der Waals surface area (Å²) >= 11 is 5.95. The molecule has 1 amide bonds. The van der Waals surface area contributed by atoms with Crippen LogP contribution in [0.2, 0.25) is 5.02 Å². The van der Waals surface area contributed by atoms with E-state index in [4.69, 9.17) is 11.6 Å². The summed E-state index contributed by atoms with van der Waals surface area (Å²) < 4.78 is 40.6. The number of nitrogens with zero attached hydrogens (tertiary/aromatic N) is 1. The first kappa shape index (κ1) is 20.1.